The molecule has 2 rings (SSSR count). The van der Waals surface area contributed by atoms with Gasteiger partial charge in [-0.2, -0.15) is 0 Å². The second kappa shape index (κ2) is 28.5. The van der Waals surface area contributed by atoms with Crippen LogP contribution >= 0.6 is 0 Å². The van der Waals surface area contributed by atoms with Crippen molar-refractivity contribution in [1.82, 2.24) is 47.9 Å². The highest BCUT2D eigenvalue weighted by Gasteiger charge is 2.39. The number of nitrogens with one attached hydrogen (secondary N) is 9. The quantitative estimate of drug-likeness (QED) is 0.0551. The Morgan fingerprint density at radius 2 is 1.09 bits per heavy atom. The molecule has 2 heterocycles. The lowest BCUT2D eigenvalue weighted by Crippen LogP contribution is -2.62. The maximum Gasteiger partial charge on any atom is 0.246 e. The van der Waals surface area contributed by atoms with Gasteiger partial charge in [0.25, 0.3) is 0 Å². The van der Waals surface area contributed by atoms with E-state index in [0.29, 0.717) is 64.3 Å². The molecule has 380 valence electrons. The number of aliphatic imine (C=N–C) groups is 2. The van der Waals surface area contributed by atoms with E-state index < -0.39 is 76.7 Å². The van der Waals surface area contributed by atoms with E-state index in [-0.39, 0.29) is 87.3 Å². The van der Waals surface area contributed by atoms with E-state index in [0.717, 1.165) is 0 Å². The molecule has 2 aliphatic rings. The second-order valence-electron chi connectivity index (χ2n) is 18.7. The topological polar surface area (TPSA) is 348 Å². The van der Waals surface area contributed by atoms with Gasteiger partial charge >= 0.3 is 0 Å². The Morgan fingerprint density at radius 1 is 0.627 bits per heavy atom. The zero-order valence-electron chi connectivity index (χ0n) is 41.2. The molecule has 0 spiro atoms. The number of hydrogen-bond donors (Lipinski definition) is 12. The number of amides is 8. The fourth-order valence-electron chi connectivity index (χ4n) is 7.53. The molecule has 7 atom stereocenters. The van der Waals surface area contributed by atoms with Crippen LogP contribution in [0.25, 0.3) is 0 Å². The first-order chi connectivity index (χ1) is 31.5. The van der Waals surface area contributed by atoms with Crippen LogP contribution in [0, 0.1) is 11.8 Å². The number of carbonyl (C=O) groups is 8. The van der Waals surface area contributed by atoms with Crippen LogP contribution in [-0.4, -0.2) is 127 Å². The van der Waals surface area contributed by atoms with Gasteiger partial charge in [0.15, 0.2) is 11.9 Å². The summed E-state index contributed by atoms with van der Waals surface area (Å²) in [5.41, 5.74) is 14.7. The Morgan fingerprint density at radius 3 is 1.55 bits per heavy atom. The second-order valence-corrected chi connectivity index (χ2v) is 18.7. The maximum atomic E-state index is 14.0. The van der Waals surface area contributed by atoms with Crippen molar-refractivity contribution in [1.29, 1.82) is 0 Å². The lowest BCUT2D eigenvalue weighted by Gasteiger charge is -2.33. The molecular weight excluding hydrogens is 865 g/mol. The highest BCUT2D eigenvalue weighted by molar-refractivity contribution is 5.97. The lowest BCUT2D eigenvalue weighted by molar-refractivity contribution is -0.137. The van der Waals surface area contributed by atoms with Crippen LogP contribution in [0.5, 0.6) is 0 Å². The molecule has 0 saturated carbocycles. The third-order valence-electron chi connectivity index (χ3n) is 12.1. The first kappa shape index (κ1) is 57.4. The predicted octanol–water partition coefficient (Wildman–Crippen LogP) is -0.706. The van der Waals surface area contributed by atoms with Crippen LogP contribution in [0.15, 0.2) is 9.98 Å². The van der Waals surface area contributed by atoms with Crippen molar-refractivity contribution in [2.24, 2.45) is 39.0 Å². The van der Waals surface area contributed by atoms with Gasteiger partial charge in [-0.3, -0.25) is 48.3 Å². The Hall–Kier alpha value is -5.70. The van der Waals surface area contributed by atoms with E-state index in [1.165, 1.54) is 0 Å². The molecule has 0 aliphatic carbocycles. The molecule has 1 unspecified atom stereocenters. The first-order valence-corrected chi connectivity index (χ1v) is 24.1. The molecule has 2 saturated heterocycles. The van der Waals surface area contributed by atoms with E-state index in [1.54, 1.807) is 55.4 Å². The van der Waals surface area contributed by atoms with Gasteiger partial charge in [0.05, 0.1) is 0 Å². The number of carbonyl (C=O) groups excluding carboxylic acids is 8. The van der Waals surface area contributed by atoms with Crippen LogP contribution < -0.4 is 65.1 Å². The van der Waals surface area contributed by atoms with Gasteiger partial charge in [0.1, 0.15) is 35.2 Å². The van der Waals surface area contributed by atoms with Crippen molar-refractivity contribution in [3.63, 3.8) is 0 Å². The minimum absolute atomic E-state index is 0.0562. The van der Waals surface area contributed by atoms with Crippen molar-refractivity contribution in [3.8, 4) is 0 Å². The molecule has 0 aromatic carbocycles. The highest BCUT2D eigenvalue weighted by Crippen LogP contribution is 2.20. The van der Waals surface area contributed by atoms with Gasteiger partial charge < -0.3 is 65.1 Å². The van der Waals surface area contributed by atoms with Gasteiger partial charge in [-0.15, -0.1) is 0 Å². The summed E-state index contributed by atoms with van der Waals surface area (Å²) in [7, 11) is 0. The van der Waals surface area contributed by atoms with E-state index in [1.807, 2.05) is 0 Å². The summed E-state index contributed by atoms with van der Waals surface area (Å²) in [5.74, 6) is -4.43. The van der Waals surface area contributed by atoms with Gasteiger partial charge in [-0.1, -0.05) is 67.2 Å². The molecule has 2 aliphatic heterocycles. The molecule has 22 heteroatoms. The molecule has 8 amide bonds. The Labute approximate surface area is 396 Å². The van der Waals surface area contributed by atoms with Gasteiger partial charge in [0, 0.05) is 44.1 Å². The van der Waals surface area contributed by atoms with Crippen molar-refractivity contribution in [2.45, 2.75) is 187 Å². The van der Waals surface area contributed by atoms with E-state index in [9.17, 15) is 38.4 Å². The molecule has 0 aromatic rings. The van der Waals surface area contributed by atoms with Gasteiger partial charge in [0.2, 0.25) is 47.3 Å². The summed E-state index contributed by atoms with van der Waals surface area (Å²) in [6, 6.07) is -4.33. The minimum atomic E-state index is -1.38. The van der Waals surface area contributed by atoms with Crippen LogP contribution in [0.4, 0.5) is 0 Å². The molecule has 22 nitrogen and oxygen atoms in total. The van der Waals surface area contributed by atoms with Crippen molar-refractivity contribution in [3.05, 3.63) is 0 Å². The standard InChI is InChI=1S/C45H82N14O8/c1-9-30-36(62)49-23-15-11-13-21-44(7,58-34(60)27(3)4)40(66)57-33(38(64)54-30)20-17-25-51-43(48)53-29-18-12-14-22-45(8,59-35(61)28(5)6)41(67)56-32(19-16-24-50-42(46)47)39(65)55-31(10-2)37(63)52-26-29/h27-33H,9-26H2,1-8H3,(H,49,62)(H,52,63)(H,54,64)(H,55,65)(H,56,67)(H,57,66)(H,58,60)(H,59,61)(H4,46,47,50)(H3,48,51,53)/t29?,30-,31-,32-,33-,44-,45-/m0/s1. The van der Waals surface area contributed by atoms with Crippen molar-refractivity contribution < 1.29 is 38.4 Å². The monoisotopic (exact) mass is 947 g/mol. The summed E-state index contributed by atoms with van der Waals surface area (Å²) >= 11 is 0. The molecule has 15 N–H and O–H groups in total. The fraction of sp³-hybridized carbons (Fsp3) is 0.778. The number of guanidine groups is 2. The van der Waals surface area contributed by atoms with Crippen LogP contribution in [0.1, 0.15) is 145 Å². The number of rotatable bonds is 15. The largest absolute Gasteiger partial charge is 0.370 e. The van der Waals surface area contributed by atoms with Gasteiger partial charge in [-0.05, 0) is 78.1 Å². The van der Waals surface area contributed by atoms with Crippen molar-refractivity contribution >= 4 is 59.2 Å². The number of nitrogens with zero attached hydrogens (tertiary/aromatic N) is 2. The third kappa shape index (κ3) is 20.0. The SMILES string of the molecule is CC[C@@H]1NC(=O)[C@H](CCCN=C(N)NC2CCCC[C@](C)(NC(=O)C(C)C)C(=O)N[C@@H](CCCN=C(N)N)C(=O)N[C@@H](CC)C(=O)NC2)NC(=O)[C@@](C)(NC(=O)C(C)C)CCCCCNC1=O. The summed E-state index contributed by atoms with van der Waals surface area (Å²) in [4.78, 5) is 116. The van der Waals surface area contributed by atoms with E-state index in [2.05, 4.69) is 57.8 Å². The smallest absolute Gasteiger partial charge is 0.246 e. The number of hydrogen-bond acceptors (Lipinski definition) is 10. The average Bonchev–Trinajstić information content (AvgIpc) is 3.26. The molecule has 0 bridgehead atoms. The normalized spacial score (nSPS) is 27.0. The average molecular weight is 947 g/mol. The zero-order valence-corrected chi connectivity index (χ0v) is 41.2. The van der Waals surface area contributed by atoms with Crippen molar-refractivity contribution in [2.75, 3.05) is 26.2 Å². The molecule has 0 aromatic heterocycles. The first-order valence-electron chi connectivity index (χ1n) is 24.1. The molecular formula is C45H82N14O8. The van der Waals surface area contributed by atoms with Crippen LogP contribution in [0.3, 0.4) is 0 Å². The zero-order chi connectivity index (χ0) is 50.3. The molecule has 0 radical (unpaired) electrons. The summed E-state index contributed by atoms with van der Waals surface area (Å²) in [5, 5.41) is 26.0. The lowest BCUT2D eigenvalue weighted by atomic mass is 9.91. The van der Waals surface area contributed by atoms with E-state index >= 15 is 0 Å². The summed E-state index contributed by atoms with van der Waals surface area (Å²) in [6.45, 7) is 14.6. The third-order valence-corrected chi connectivity index (χ3v) is 12.1. The fourth-order valence-corrected chi connectivity index (χ4v) is 7.53. The summed E-state index contributed by atoms with van der Waals surface area (Å²) in [6.07, 6.45) is 5.52. The highest BCUT2D eigenvalue weighted by atomic mass is 16.2. The Kier molecular flexibility index (Phi) is 24.4. The molecule has 67 heavy (non-hydrogen) atoms. The Bertz CT molecular complexity index is 1750. The molecule has 2 fully saturated rings. The summed E-state index contributed by atoms with van der Waals surface area (Å²) < 4.78 is 0. The number of nitrogens with two attached hydrogens (primary N) is 3. The van der Waals surface area contributed by atoms with Gasteiger partial charge in [-0.25, -0.2) is 0 Å². The van der Waals surface area contributed by atoms with Crippen LogP contribution in [-0.2, 0) is 38.4 Å². The maximum absolute atomic E-state index is 14.0. The van der Waals surface area contributed by atoms with Crippen LogP contribution in [0.2, 0.25) is 0 Å². The predicted molar refractivity (Wildman–Crippen MR) is 257 cm³/mol. The Balaban J connectivity index is 2.32. The van der Waals surface area contributed by atoms with E-state index in [4.69, 9.17) is 17.2 Å². The minimum Gasteiger partial charge on any atom is -0.370 e.